The van der Waals surface area contributed by atoms with Crippen molar-refractivity contribution >= 4 is 5.97 Å². The molecule has 0 fully saturated rings. The van der Waals surface area contributed by atoms with Crippen LogP contribution < -0.4 is 0 Å². The lowest BCUT2D eigenvalue weighted by Gasteiger charge is -2.10. The van der Waals surface area contributed by atoms with E-state index in [9.17, 15) is 4.79 Å². The third-order valence-electron chi connectivity index (χ3n) is 5.90. The first kappa shape index (κ1) is 22.6. The smallest absolute Gasteiger partial charge is 0.305 e. The van der Waals surface area contributed by atoms with Crippen LogP contribution >= 0.6 is 0 Å². The lowest BCUT2D eigenvalue weighted by molar-refractivity contribution is -0.140. The van der Waals surface area contributed by atoms with E-state index in [4.69, 9.17) is 14.1 Å². The maximum absolute atomic E-state index is 11.4. The summed E-state index contributed by atoms with van der Waals surface area (Å²) in [5.41, 5.74) is 5.76. The number of hydrogen-bond acceptors (Lipinski definition) is 4. The molecule has 0 saturated carbocycles. The SMILES string of the molecule is COC(=O)CCc1cccn1Cc1ccc(CCCc2nc(-c3ccccc3)oc2C)cc1. The fourth-order valence-electron chi connectivity index (χ4n) is 4.00. The average Bonchev–Trinajstić information content (AvgIpc) is 3.45. The van der Waals surface area contributed by atoms with Gasteiger partial charge in [0.05, 0.1) is 19.2 Å². The van der Waals surface area contributed by atoms with Crippen LogP contribution in [-0.4, -0.2) is 22.6 Å². The van der Waals surface area contributed by atoms with Crippen LogP contribution in [0.5, 0.6) is 0 Å². The molecule has 0 atom stereocenters. The molecule has 0 bridgehead atoms. The molecule has 0 amide bonds. The minimum absolute atomic E-state index is 0.177. The van der Waals surface area contributed by atoms with Gasteiger partial charge in [0.15, 0.2) is 0 Å². The van der Waals surface area contributed by atoms with Gasteiger partial charge in [0.2, 0.25) is 5.89 Å². The topological polar surface area (TPSA) is 57.3 Å². The van der Waals surface area contributed by atoms with E-state index in [0.717, 1.165) is 48.5 Å². The van der Waals surface area contributed by atoms with E-state index in [0.29, 0.717) is 18.7 Å². The molecule has 33 heavy (non-hydrogen) atoms. The fourth-order valence-corrected chi connectivity index (χ4v) is 4.00. The van der Waals surface area contributed by atoms with E-state index in [1.54, 1.807) is 0 Å². The fraction of sp³-hybridized carbons (Fsp3) is 0.286. The van der Waals surface area contributed by atoms with Crippen LogP contribution in [0.4, 0.5) is 0 Å². The Bertz CT molecular complexity index is 1170. The molecule has 5 heteroatoms. The molecule has 4 aromatic rings. The summed E-state index contributed by atoms with van der Waals surface area (Å²) in [7, 11) is 1.43. The molecule has 0 N–H and O–H groups in total. The predicted molar refractivity (Wildman–Crippen MR) is 129 cm³/mol. The van der Waals surface area contributed by atoms with Gasteiger partial charge in [-0.3, -0.25) is 4.79 Å². The molecular formula is C28H30N2O3. The van der Waals surface area contributed by atoms with Gasteiger partial charge >= 0.3 is 5.97 Å². The molecule has 0 radical (unpaired) electrons. The Kier molecular flexibility index (Phi) is 7.40. The number of nitrogens with zero attached hydrogens (tertiary/aromatic N) is 2. The summed E-state index contributed by atoms with van der Waals surface area (Å²) in [6.07, 6.45) is 6.07. The first-order valence-electron chi connectivity index (χ1n) is 11.4. The summed E-state index contributed by atoms with van der Waals surface area (Å²) < 4.78 is 12.8. The molecule has 2 heterocycles. The van der Waals surface area contributed by atoms with Crippen molar-refractivity contribution in [3.8, 4) is 11.5 Å². The molecule has 0 aliphatic rings. The van der Waals surface area contributed by atoms with Gasteiger partial charge in [0.25, 0.3) is 0 Å². The molecular weight excluding hydrogens is 412 g/mol. The van der Waals surface area contributed by atoms with Crippen molar-refractivity contribution < 1.29 is 13.9 Å². The maximum atomic E-state index is 11.4. The normalized spacial score (nSPS) is 11.0. The number of oxazole rings is 1. The monoisotopic (exact) mass is 442 g/mol. The number of carbonyl (C=O) groups excluding carboxylic acids is 1. The zero-order chi connectivity index (χ0) is 23.0. The molecule has 0 unspecified atom stereocenters. The van der Waals surface area contributed by atoms with Gasteiger partial charge in [-0.05, 0) is 68.0 Å². The van der Waals surface area contributed by atoms with Gasteiger partial charge in [-0.2, -0.15) is 0 Å². The summed E-state index contributed by atoms with van der Waals surface area (Å²) in [5.74, 6) is 1.42. The molecule has 0 spiro atoms. The van der Waals surface area contributed by atoms with Crippen molar-refractivity contribution in [2.24, 2.45) is 0 Å². The molecule has 0 aliphatic carbocycles. The molecule has 0 aliphatic heterocycles. The number of hydrogen-bond donors (Lipinski definition) is 0. The minimum atomic E-state index is -0.177. The summed E-state index contributed by atoms with van der Waals surface area (Å²) in [6.45, 7) is 2.79. The molecule has 4 rings (SSSR count). The zero-order valence-corrected chi connectivity index (χ0v) is 19.3. The van der Waals surface area contributed by atoms with Crippen molar-refractivity contribution in [1.82, 2.24) is 9.55 Å². The van der Waals surface area contributed by atoms with Crippen molar-refractivity contribution in [1.29, 1.82) is 0 Å². The van der Waals surface area contributed by atoms with E-state index < -0.39 is 0 Å². The second-order valence-electron chi connectivity index (χ2n) is 8.26. The van der Waals surface area contributed by atoms with Crippen molar-refractivity contribution in [2.45, 2.75) is 45.6 Å². The van der Waals surface area contributed by atoms with E-state index in [2.05, 4.69) is 41.1 Å². The first-order valence-corrected chi connectivity index (χ1v) is 11.4. The van der Waals surface area contributed by atoms with Crippen LogP contribution in [0.1, 0.15) is 41.1 Å². The van der Waals surface area contributed by atoms with Crippen LogP contribution in [0.2, 0.25) is 0 Å². The Labute approximate surface area is 195 Å². The van der Waals surface area contributed by atoms with Crippen LogP contribution in [0.25, 0.3) is 11.5 Å². The van der Waals surface area contributed by atoms with E-state index >= 15 is 0 Å². The lowest BCUT2D eigenvalue weighted by atomic mass is 10.0. The number of benzene rings is 2. The highest BCUT2D eigenvalue weighted by atomic mass is 16.5. The molecule has 2 aromatic heterocycles. The summed E-state index contributed by atoms with van der Waals surface area (Å²) in [4.78, 5) is 16.1. The molecule has 5 nitrogen and oxygen atoms in total. The third-order valence-corrected chi connectivity index (χ3v) is 5.90. The van der Waals surface area contributed by atoms with E-state index in [1.807, 2.05) is 43.3 Å². The Morgan fingerprint density at radius 2 is 1.70 bits per heavy atom. The number of methoxy groups -OCH3 is 1. The van der Waals surface area contributed by atoms with Gasteiger partial charge in [-0.15, -0.1) is 0 Å². The van der Waals surface area contributed by atoms with E-state index in [1.165, 1.54) is 18.2 Å². The summed E-state index contributed by atoms with van der Waals surface area (Å²) in [6, 6.07) is 22.9. The Morgan fingerprint density at radius 1 is 0.939 bits per heavy atom. The van der Waals surface area contributed by atoms with Crippen LogP contribution in [-0.2, 0) is 35.3 Å². The number of rotatable bonds is 10. The second-order valence-corrected chi connectivity index (χ2v) is 8.26. The molecule has 0 saturated heterocycles. The zero-order valence-electron chi connectivity index (χ0n) is 19.3. The van der Waals surface area contributed by atoms with E-state index in [-0.39, 0.29) is 5.97 Å². The highest BCUT2D eigenvalue weighted by Crippen LogP contribution is 2.22. The number of aromatic nitrogens is 2. The minimum Gasteiger partial charge on any atom is -0.469 e. The molecule has 170 valence electrons. The second kappa shape index (κ2) is 10.8. The largest absolute Gasteiger partial charge is 0.469 e. The number of ether oxygens (including phenoxy) is 1. The standard InChI is InChI=1S/C28H30N2O3/c1-21-26(29-28(33-21)24-9-4-3-5-10-24)12-6-8-22-13-15-23(16-14-22)20-30-19-7-11-25(30)17-18-27(31)32-2/h3-5,7,9-11,13-16,19H,6,8,12,17-18,20H2,1-2H3. The van der Waals surface area contributed by atoms with Crippen molar-refractivity contribution in [3.63, 3.8) is 0 Å². The number of carbonyl (C=O) groups is 1. The van der Waals surface area contributed by atoms with Gasteiger partial charge in [-0.1, -0.05) is 42.5 Å². The van der Waals surface area contributed by atoms with Gasteiger partial charge in [0, 0.05) is 24.0 Å². The third kappa shape index (κ3) is 6.01. The van der Waals surface area contributed by atoms with Crippen LogP contribution in [0.3, 0.4) is 0 Å². The van der Waals surface area contributed by atoms with Gasteiger partial charge in [-0.25, -0.2) is 4.98 Å². The summed E-state index contributed by atoms with van der Waals surface area (Å²) >= 11 is 0. The first-order chi connectivity index (χ1) is 16.1. The van der Waals surface area contributed by atoms with Crippen molar-refractivity contribution in [3.05, 3.63) is 101 Å². The average molecular weight is 443 g/mol. The quantitative estimate of drug-likeness (QED) is 0.292. The lowest BCUT2D eigenvalue weighted by Crippen LogP contribution is -2.07. The highest BCUT2D eigenvalue weighted by molar-refractivity contribution is 5.69. The Balaban J connectivity index is 1.29. The Morgan fingerprint density at radius 3 is 2.45 bits per heavy atom. The Hall–Kier alpha value is -3.60. The van der Waals surface area contributed by atoms with Crippen LogP contribution in [0.15, 0.2) is 77.3 Å². The maximum Gasteiger partial charge on any atom is 0.305 e. The van der Waals surface area contributed by atoms with Gasteiger partial charge in [0.1, 0.15) is 5.76 Å². The highest BCUT2D eigenvalue weighted by Gasteiger charge is 2.11. The van der Waals surface area contributed by atoms with Gasteiger partial charge < -0.3 is 13.7 Å². The number of esters is 1. The number of aryl methyl sites for hydroxylation is 4. The van der Waals surface area contributed by atoms with Crippen LogP contribution in [0, 0.1) is 6.92 Å². The predicted octanol–water partition coefficient (Wildman–Crippen LogP) is 5.78. The summed E-state index contributed by atoms with van der Waals surface area (Å²) in [5, 5.41) is 0. The molecule has 2 aromatic carbocycles. The van der Waals surface area contributed by atoms with Crippen molar-refractivity contribution in [2.75, 3.05) is 7.11 Å².